The Hall–Kier alpha value is -0.740. The van der Waals surface area contributed by atoms with Crippen LogP contribution in [-0.2, 0) is 20.8 Å². The van der Waals surface area contributed by atoms with Gasteiger partial charge in [0.1, 0.15) is 17.9 Å². The quantitative estimate of drug-likeness (QED) is 0.402. The molecule has 0 saturated heterocycles. The maximum Gasteiger partial charge on any atom is 0.341 e. The number of carbonyl (C=O) groups is 2. The van der Waals surface area contributed by atoms with Crippen molar-refractivity contribution in [2.45, 2.75) is 20.4 Å². The molecule has 1 aromatic heterocycles. The van der Waals surface area contributed by atoms with Gasteiger partial charge in [-0.3, -0.25) is 4.79 Å². The van der Waals surface area contributed by atoms with Gasteiger partial charge in [0, 0.05) is 21.2 Å². The second-order valence-electron chi connectivity index (χ2n) is 3.19. The number of hydrogen-bond donors (Lipinski definition) is 0. The van der Waals surface area contributed by atoms with Gasteiger partial charge in [-0.15, -0.1) is 0 Å². The fraction of sp³-hybridized carbons (Fsp3) is 0.500. The van der Waals surface area contributed by atoms with Crippen LogP contribution >= 0.6 is 30.3 Å². The number of esters is 2. The van der Waals surface area contributed by atoms with E-state index in [4.69, 9.17) is 4.42 Å². The molecule has 0 radical (unpaired) electrons. The summed E-state index contributed by atoms with van der Waals surface area (Å²) in [6.45, 7) is 4.41. The van der Waals surface area contributed by atoms with Crippen molar-refractivity contribution >= 4 is 42.3 Å². The smallest absolute Gasteiger partial charge is 0.341 e. The Morgan fingerprint density at radius 2 is 2.00 bits per heavy atom. The minimum atomic E-state index is -0.463. The van der Waals surface area contributed by atoms with E-state index in [1.54, 1.807) is 4.31 Å². The summed E-state index contributed by atoms with van der Waals surface area (Å²) in [5.74, 6) is -0.365. The number of furan rings is 1. The summed E-state index contributed by atoms with van der Waals surface area (Å²) in [5.41, 5.74) is 0.359. The molecule has 0 aromatic carbocycles. The maximum absolute atomic E-state index is 11.4. The van der Waals surface area contributed by atoms with E-state index in [2.05, 4.69) is 9.47 Å². The van der Waals surface area contributed by atoms with Gasteiger partial charge >= 0.3 is 11.9 Å². The van der Waals surface area contributed by atoms with E-state index >= 15 is 0 Å². The molecule has 0 fully saturated rings. The lowest BCUT2D eigenvalue weighted by Crippen LogP contribution is -2.23. The molecule has 0 aliphatic heterocycles. The molecular formula is C12H18INO5S. The van der Waals surface area contributed by atoms with Crippen LogP contribution in [0.4, 0.5) is 0 Å². The van der Waals surface area contributed by atoms with Crippen LogP contribution < -0.4 is 0 Å². The molecule has 1 aromatic rings. The predicted molar refractivity (Wildman–Crippen MR) is 85.4 cm³/mol. The molecule has 20 heavy (non-hydrogen) atoms. The average molecular weight is 415 g/mol. The van der Waals surface area contributed by atoms with Gasteiger partial charge in [0.2, 0.25) is 0 Å². The van der Waals surface area contributed by atoms with Gasteiger partial charge in [0.15, 0.2) is 0 Å². The molecule has 8 heteroatoms. The van der Waals surface area contributed by atoms with Crippen molar-refractivity contribution in [2.75, 3.05) is 20.8 Å². The molecule has 0 N–H and O–H groups in total. The summed E-state index contributed by atoms with van der Waals surface area (Å²) in [6.07, 6.45) is 1.41. The van der Waals surface area contributed by atoms with Gasteiger partial charge in [-0.05, 0) is 15.2 Å². The zero-order valence-electron chi connectivity index (χ0n) is 11.8. The molecule has 0 bridgehead atoms. The minimum absolute atomic E-state index is 0.103. The third-order valence-electron chi connectivity index (χ3n) is 2.10. The monoisotopic (exact) mass is 415 g/mol. The Labute approximate surface area is 134 Å². The molecule has 0 aliphatic carbocycles. The van der Waals surface area contributed by atoms with E-state index in [1.165, 1.54) is 35.7 Å². The van der Waals surface area contributed by atoms with Crippen molar-refractivity contribution in [3.05, 3.63) is 23.7 Å². The lowest BCUT2D eigenvalue weighted by atomic mass is 10.2. The third kappa shape index (κ3) is 6.14. The topological polar surface area (TPSA) is 69.0 Å². The Bertz CT molecular complexity index is 424. The predicted octanol–water partition coefficient (Wildman–Crippen LogP) is 3.07. The first kappa shape index (κ1) is 19.3. The first-order valence-electron chi connectivity index (χ1n) is 5.87. The molecule has 0 unspecified atom stereocenters. The van der Waals surface area contributed by atoms with Gasteiger partial charge in [0.05, 0.1) is 27.0 Å². The molecule has 0 aliphatic rings. The molecular weight excluding hydrogens is 397 g/mol. The molecule has 114 valence electrons. The average Bonchev–Trinajstić information content (AvgIpc) is 2.95. The van der Waals surface area contributed by atoms with Crippen LogP contribution in [0.5, 0.6) is 0 Å². The number of rotatable bonds is 6. The molecule has 0 amide bonds. The molecule has 6 nitrogen and oxygen atoms in total. The van der Waals surface area contributed by atoms with E-state index in [-0.39, 0.29) is 12.5 Å². The van der Waals surface area contributed by atoms with Crippen LogP contribution in [0.25, 0.3) is 0 Å². The van der Waals surface area contributed by atoms with E-state index in [1.807, 2.05) is 35.1 Å². The Morgan fingerprint density at radius 1 is 1.35 bits per heavy atom. The number of carbonyl (C=O) groups excluding carboxylic acids is 2. The lowest BCUT2D eigenvalue weighted by Gasteiger charge is -2.15. The van der Waals surface area contributed by atoms with Crippen LogP contribution in [0.1, 0.15) is 30.0 Å². The van der Waals surface area contributed by atoms with Gasteiger partial charge in [-0.1, -0.05) is 13.8 Å². The normalized spacial score (nSPS) is 9.70. The highest BCUT2D eigenvalue weighted by Crippen LogP contribution is 2.23. The maximum atomic E-state index is 11.4. The van der Waals surface area contributed by atoms with Gasteiger partial charge in [-0.2, -0.15) is 0 Å². The summed E-state index contributed by atoms with van der Waals surface area (Å²) in [7, 11) is 3.96. The molecule has 0 spiro atoms. The van der Waals surface area contributed by atoms with Crippen molar-refractivity contribution in [2.24, 2.45) is 0 Å². The summed E-state index contributed by atoms with van der Waals surface area (Å²) >= 11 is 2.04. The van der Waals surface area contributed by atoms with E-state index in [0.29, 0.717) is 17.9 Å². The number of nitrogens with zero attached hydrogens (tertiary/aromatic N) is 1. The van der Waals surface area contributed by atoms with Crippen LogP contribution in [0.2, 0.25) is 0 Å². The molecule has 0 saturated carbocycles. The molecule has 1 rings (SSSR count). The first-order chi connectivity index (χ1) is 9.62. The summed E-state index contributed by atoms with van der Waals surface area (Å²) in [6, 6.07) is 1.54. The van der Waals surface area contributed by atoms with E-state index in [0.717, 1.165) is 0 Å². The number of hydrogen-bond acceptors (Lipinski definition) is 7. The van der Waals surface area contributed by atoms with Gasteiger partial charge in [0.25, 0.3) is 0 Å². The standard InChI is InChI=1S/C10H12INO5S.C2H6/c1-15-9(13)6-12(18-11)5-8-7(3-4-17-8)10(14)16-2;1-2/h3-4H,5-6H2,1-2H3;1-2H3. The number of ether oxygens (including phenoxy) is 2. The highest BCUT2D eigenvalue weighted by molar-refractivity contribution is 14.2. The Balaban J connectivity index is 0.00000172. The van der Waals surface area contributed by atoms with Crippen LogP contribution in [0, 0.1) is 0 Å². The van der Waals surface area contributed by atoms with E-state index in [9.17, 15) is 9.59 Å². The Kier molecular flexibility index (Phi) is 10.6. The second kappa shape index (κ2) is 11.0. The Morgan fingerprint density at radius 3 is 2.50 bits per heavy atom. The fourth-order valence-electron chi connectivity index (χ4n) is 1.23. The first-order valence-corrected chi connectivity index (χ1v) is 9.19. The zero-order chi connectivity index (χ0) is 15.5. The summed E-state index contributed by atoms with van der Waals surface area (Å²) in [4.78, 5) is 22.6. The van der Waals surface area contributed by atoms with Gasteiger partial charge < -0.3 is 13.9 Å². The lowest BCUT2D eigenvalue weighted by molar-refractivity contribution is -0.140. The largest absolute Gasteiger partial charge is 0.468 e. The highest BCUT2D eigenvalue weighted by Gasteiger charge is 2.19. The minimum Gasteiger partial charge on any atom is -0.468 e. The number of methoxy groups -OCH3 is 2. The van der Waals surface area contributed by atoms with E-state index < -0.39 is 5.97 Å². The SMILES string of the molecule is CC.COC(=O)CN(Cc1occc1C(=O)OC)SI. The van der Waals surface area contributed by atoms with Gasteiger partial charge in [-0.25, -0.2) is 9.10 Å². The van der Waals surface area contributed by atoms with Crippen molar-refractivity contribution in [1.82, 2.24) is 4.31 Å². The summed E-state index contributed by atoms with van der Waals surface area (Å²) in [5, 5.41) is 0. The second-order valence-corrected chi connectivity index (χ2v) is 5.03. The third-order valence-corrected chi connectivity index (χ3v) is 4.23. The highest BCUT2D eigenvalue weighted by atomic mass is 127. The molecule has 0 atom stereocenters. The molecule has 1 heterocycles. The number of halogens is 1. The van der Waals surface area contributed by atoms with Crippen molar-refractivity contribution in [1.29, 1.82) is 0 Å². The van der Waals surface area contributed by atoms with Crippen LogP contribution in [0.15, 0.2) is 16.7 Å². The van der Waals surface area contributed by atoms with Crippen LogP contribution in [0.3, 0.4) is 0 Å². The van der Waals surface area contributed by atoms with Crippen molar-refractivity contribution < 1.29 is 23.5 Å². The van der Waals surface area contributed by atoms with Crippen molar-refractivity contribution in [3.63, 3.8) is 0 Å². The zero-order valence-corrected chi connectivity index (χ0v) is 14.8. The summed E-state index contributed by atoms with van der Waals surface area (Å²) < 4.78 is 16.1. The van der Waals surface area contributed by atoms with Crippen molar-refractivity contribution in [3.8, 4) is 0 Å². The fourth-order valence-corrected chi connectivity index (χ4v) is 2.38. The van der Waals surface area contributed by atoms with Crippen LogP contribution in [-0.4, -0.2) is 37.0 Å².